The summed E-state index contributed by atoms with van der Waals surface area (Å²) in [5.41, 5.74) is 0. The average molecular weight is 284 g/mol. The van der Waals surface area contributed by atoms with Crippen molar-refractivity contribution < 1.29 is 14.6 Å². The highest BCUT2D eigenvalue weighted by Crippen LogP contribution is 2.20. The Bertz CT molecular complexity index is 314. The minimum absolute atomic E-state index is 0.0420. The molecule has 1 aliphatic heterocycles. The van der Waals surface area contributed by atoms with Gasteiger partial charge >= 0.3 is 6.03 Å². The quantitative estimate of drug-likeness (QED) is 0.830. The number of hydrogen-bond donors (Lipinski definition) is 2. The summed E-state index contributed by atoms with van der Waals surface area (Å²) in [6.45, 7) is 6.30. The van der Waals surface area contributed by atoms with Crippen LogP contribution in [0.3, 0.4) is 0 Å². The van der Waals surface area contributed by atoms with Crippen LogP contribution in [0, 0.1) is 5.92 Å². The van der Waals surface area contributed by atoms with Crippen molar-refractivity contribution in [1.82, 2.24) is 10.2 Å². The zero-order chi connectivity index (χ0) is 14.5. The minimum atomic E-state index is -0.180. The Labute approximate surface area is 121 Å². The number of rotatable bonds is 3. The largest absolute Gasteiger partial charge is 0.393 e. The van der Waals surface area contributed by atoms with E-state index in [9.17, 15) is 9.90 Å². The average Bonchev–Trinajstić information content (AvgIpc) is 2.41. The molecule has 5 heteroatoms. The highest BCUT2D eigenvalue weighted by Gasteiger charge is 2.30. The van der Waals surface area contributed by atoms with E-state index in [-0.39, 0.29) is 24.2 Å². The summed E-state index contributed by atoms with van der Waals surface area (Å²) in [5, 5.41) is 12.6. The SMILES string of the molecule is CC(C)CC1COCCN1C(=O)NC1CCC(O)CC1. The van der Waals surface area contributed by atoms with Gasteiger partial charge in [-0.05, 0) is 38.0 Å². The summed E-state index contributed by atoms with van der Waals surface area (Å²) in [4.78, 5) is 14.4. The number of nitrogens with zero attached hydrogens (tertiary/aromatic N) is 1. The molecule has 1 heterocycles. The third-order valence-corrected chi connectivity index (χ3v) is 4.26. The fraction of sp³-hybridized carbons (Fsp3) is 0.933. The third kappa shape index (κ3) is 4.35. The molecule has 2 amide bonds. The van der Waals surface area contributed by atoms with Crippen molar-refractivity contribution in [2.45, 2.75) is 64.1 Å². The van der Waals surface area contributed by atoms with Crippen molar-refractivity contribution in [3.05, 3.63) is 0 Å². The van der Waals surface area contributed by atoms with Crippen molar-refractivity contribution in [1.29, 1.82) is 0 Å². The minimum Gasteiger partial charge on any atom is -0.393 e. The summed E-state index contributed by atoms with van der Waals surface area (Å²) in [5.74, 6) is 0.557. The van der Waals surface area contributed by atoms with E-state index in [0.29, 0.717) is 25.7 Å². The molecule has 1 saturated carbocycles. The van der Waals surface area contributed by atoms with Crippen LogP contribution in [0.25, 0.3) is 0 Å². The Hall–Kier alpha value is -0.810. The van der Waals surface area contributed by atoms with Gasteiger partial charge in [0.15, 0.2) is 0 Å². The molecule has 0 aromatic rings. The van der Waals surface area contributed by atoms with Gasteiger partial charge < -0.3 is 20.1 Å². The Morgan fingerprint density at radius 1 is 1.35 bits per heavy atom. The van der Waals surface area contributed by atoms with Crippen LogP contribution in [0.2, 0.25) is 0 Å². The summed E-state index contributed by atoms with van der Waals surface area (Å²) in [7, 11) is 0. The predicted molar refractivity (Wildman–Crippen MR) is 77.6 cm³/mol. The number of nitrogens with one attached hydrogen (secondary N) is 1. The fourth-order valence-electron chi connectivity index (χ4n) is 3.14. The molecule has 5 nitrogen and oxygen atoms in total. The maximum absolute atomic E-state index is 12.4. The summed E-state index contributed by atoms with van der Waals surface area (Å²) < 4.78 is 5.51. The highest BCUT2D eigenvalue weighted by atomic mass is 16.5. The van der Waals surface area contributed by atoms with Crippen LogP contribution < -0.4 is 5.32 Å². The summed E-state index contributed by atoms with van der Waals surface area (Å²) in [6, 6.07) is 0.451. The normalized spacial score (nSPS) is 31.4. The number of aliphatic hydroxyl groups is 1. The fourth-order valence-corrected chi connectivity index (χ4v) is 3.14. The molecule has 2 N–H and O–H groups in total. The van der Waals surface area contributed by atoms with Gasteiger partial charge in [-0.3, -0.25) is 0 Å². The van der Waals surface area contributed by atoms with Crippen LogP contribution in [-0.2, 0) is 4.74 Å². The van der Waals surface area contributed by atoms with Crippen molar-refractivity contribution in [2.75, 3.05) is 19.8 Å². The van der Waals surface area contributed by atoms with E-state index >= 15 is 0 Å². The third-order valence-electron chi connectivity index (χ3n) is 4.26. The second-order valence-electron chi connectivity index (χ2n) is 6.51. The van der Waals surface area contributed by atoms with E-state index in [1.807, 2.05) is 4.90 Å². The topological polar surface area (TPSA) is 61.8 Å². The van der Waals surface area contributed by atoms with Gasteiger partial charge in [-0.25, -0.2) is 4.79 Å². The van der Waals surface area contributed by atoms with Gasteiger partial charge in [-0.15, -0.1) is 0 Å². The van der Waals surface area contributed by atoms with E-state index in [1.165, 1.54) is 0 Å². The lowest BCUT2D eigenvalue weighted by molar-refractivity contribution is 0.00432. The standard InChI is InChI=1S/C15H28N2O3/c1-11(2)9-13-10-20-8-7-17(13)15(19)16-12-3-5-14(18)6-4-12/h11-14,18H,3-10H2,1-2H3,(H,16,19). The number of hydrogen-bond acceptors (Lipinski definition) is 3. The second-order valence-corrected chi connectivity index (χ2v) is 6.51. The van der Waals surface area contributed by atoms with Crippen LogP contribution in [0.1, 0.15) is 46.0 Å². The molecule has 0 bridgehead atoms. The first-order valence-electron chi connectivity index (χ1n) is 7.89. The van der Waals surface area contributed by atoms with Crippen LogP contribution in [0.4, 0.5) is 4.79 Å². The van der Waals surface area contributed by atoms with Crippen molar-refractivity contribution in [2.24, 2.45) is 5.92 Å². The zero-order valence-electron chi connectivity index (χ0n) is 12.7. The van der Waals surface area contributed by atoms with Gasteiger partial charge in [0.1, 0.15) is 0 Å². The lowest BCUT2D eigenvalue weighted by Gasteiger charge is -2.38. The van der Waals surface area contributed by atoms with Crippen LogP contribution >= 0.6 is 0 Å². The maximum Gasteiger partial charge on any atom is 0.318 e. The van der Waals surface area contributed by atoms with E-state index in [4.69, 9.17) is 4.74 Å². The zero-order valence-corrected chi connectivity index (χ0v) is 12.7. The smallest absolute Gasteiger partial charge is 0.318 e. The van der Waals surface area contributed by atoms with Gasteiger partial charge in [0, 0.05) is 12.6 Å². The Morgan fingerprint density at radius 2 is 2.05 bits per heavy atom. The van der Waals surface area contributed by atoms with Gasteiger partial charge in [0.25, 0.3) is 0 Å². The molecule has 0 aromatic carbocycles. The lowest BCUT2D eigenvalue weighted by Crippen LogP contribution is -2.55. The van der Waals surface area contributed by atoms with Crippen LogP contribution in [0.15, 0.2) is 0 Å². The van der Waals surface area contributed by atoms with Crippen LogP contribution in [-0.4, -0.2) is 54.0 Å². The number of urea groups is 1. The number of morpholine rings is 1. The first-order chi connectivity index (χ1) is 9.56. The van der Waals surface area contributed by atoms with E-state index in [0.717, 1.165) is 32.1 Å². The molecule has 0 radical (unpaired) electrons. The van der Waals surface area contributed by atoms with Gasteiger partial charge in [0.05, 0.1) is 25.4 Å². The Balaban J connectivity index is 1.85. The van der Waals surface area contributed by atoms with E-state index in [1.54, 1.807) is 0 Å². The molecule has 0 aromatic heterocycles. The van der Waals surface area contributed by atoms with Gasteiger partial charge in [-0.2, -0.15) is 0 Å². The molecule has 2 rings (SSSR count). The molecule has 1 unspecified atom stereocenters. The maximum atomic E-state index is 12.4. The first kappa shape index (κ1) is 15.6. The van der Waals surface area contributed by atoms with Crippen molar-refractivity contribution in [3.8, 4) is 0 Å². The van der Waals surface area contributed by atoms with Crippen molar-refractivity contribution >= 4 is 6.03 Å². The lowest BCUT2D eigenvalue weighted by atomic mass is 9.93. The number of ether oxygens (including phenoxy) is 1. The summed E-state index contributed by atoms with van der Waals surface area (Å²) in [6.07, 6.45) is 4.15. The Kier molecular flexibility index (Phi) is 5.66. The number of carbonyl (C=O) groups excluding carboxylic acids is 1. The van der Waals surface area contributed by atoms with Gasteiger partial charge in [0.2, 0.25) is 0 Å². The van der Waals surface area contributed by atoms with Crippen LogP contribution in [0.5, 0.6) is 0 Å². The number of aliphatic hydroxyl groups excluding tert-OH is 1. The van der Waals surface area contributed by atoms with E-state index in [2.05, 4.69) is 19.2 Å². The molecule has 1 atom stereocenters. The Morgan fingerprint density at radius 3 is 2.70 bits per heavy atom. The molecule has 2 fully saturated rings. The summed E-state index contributed by atoms with van der Waals surface area (Å²) >= 11 is 0. The second kappa shape index (κ2) is 7.27. The molecular weight excluding hydrogens is 256 g/mol. The molecule has 1 saturated heterocycles. The first-order valence-corrected chi connectivity index (χ1v) is 7.89. The van der Waals surface area contributed by atoms with Gasteiger partial charge in [-0.1, -0.05) is 13.8 Å². The molecule has 20 heavy (non-hydrogen) atoms. The predicted octanol–water partition coefficient (Wildman–Crippen LogP) is 1.75. The number of amides is 2. The molecule has 116 valence electrons. The van der Waals surface area contributed by atoms with Crippen molar-refractivity contribution in [3.63, 3.8) is 0 Å². The van der Waals surface area contributed by atoms with E-state index < -0.39 is 0 Å². The molecule has 1 aliphatic carbocycles. The highest BCUT2D eigenvalue weighted by molar-refractivity contribution is 5.75. The molecule has 0 spiro atoms. The monoisotopic (exact) mass is 284 g/mol. The number of carbonyl (C=O) groups is 1. The molecular formula is C15H28N2O3. The molecule has 2 aliphatic rings.